The summed E-state index contributed by atoms with van der Waals surface area (Å²) >= 11 is 0. The van der Waals surface area contributed by atoms with Crippen LogP contribution in [0, 0.1) is 11.8 Å². The molecule has 0 bridgehead atoms. The van der Waals surface area contributed by atoms with Gasteiger partial charge in [-0.05, 0) is 24.0 Å². The lowest BCUT2D eigenvalue weighted by Gasteiger charge is -2.27. The number of amides is 2. The first-order valence-corrected chi connectivity index (χ1v) is 7.80. The molecule has 0 atom stereocenters. The van der Waals surface area contributed by atoms with Crippen LogP contribution in [0.2, 0.25) is 0 Å². The molecule has 0 fully saturated rings. The topological polar surface area (TPSA) is 66.6 Å². The Morgan fingerprint density at radius 2 is 1.27 bits per heavy atom. The molecule has 0 saturated carbocycles. The molecule has 1 aliphatic rings. The van der Waals surface area contributed by atoms with Crippen LogP contribution in [0.25, 0.3) is 0 Å². The number of fused-ring (bicyclic) bond motifs is 1. The van der Waals surface area contributed by atoms with Crippen molar-refractivity contribution in [3.63, 3.8) is 0 Å². The summed E-state index contributed by atoms with van der Waals surface area (Å²) in [6, 6.07) is 6.40. The summed E-state index contributed by atoms with van der Waals surface area (Å²) in [5.74, 6) is -0.0678. The van der Waals surface area contributed by atoms with Gasteiger partial charge in [-0.1, -0.05) is 39.8 Å². The van der Waals surface area contributed by atoms with Gasteiger partial charge in [0.25, 0.3) is 11.8 Å². The predicted octanol–water partition coefficient (Wildman–Crippen LogP) is 2.01. The Labute approximate surface area is 132 Å². The maximum absolute atomic E-state index is 12.6. The van der Waals surface area contributed by atoms with E-state index in [-0.39, 0.29) is 23.7 Å². The number of nitrogens with two attached hydrogens (primary N) is 1. The van der Waals surface area contributed by atoms with E-state index in [0.29, 0.717) is 13.1 Å². The van der Waals surface area contributed by atoms with Crippen molar-refractivity contribution in [1.29, 1.82) is 0 Å². The van der Waals surface area contributed by atoms with Crippen molar-refractivity contribution in [2.75, 3.05) is 22.9 Å². The largest absolute Gasteiger partial charge is 0.312 e. The minimum Gasteiger partial charge on any atom is -0.312 e. The van der Waals surface area contributed by atoms with Crippen molar-refractivity contribution in [1.82, 2.24) is 0 Å². The molecule has 1 aliphatic heterocycles. The van der Waals surface area contributed by atoms with E-state index >= 15 is 0 Å². The Morgan fingerprint density at radius 3 is 1.59 bits per heavy atom. The van der Waals surface area contributed by atoms with E-state index in [4.69, 9.17) is 5.73 Å². The van der Waals surface area contributed by atoms with E-state index in [9.17, 15) is 9.59 Å². The molecule has 1 aromatic carbocycles. The number of anilines is 2. The Morgan fingerprint density at radius 1 is 0.909 bits per heavy atom. The minimum atomic E-state index is -1.13. The van der Waals surface area contributed by atoms with Crippen molar-refractivity contribution in [2.45, 2.75) is 33.7 Å². The fraction of sp³-hybridized carbons (Fsp3) is 0.529. The summed E-state index contributed by atoms with van der Waals surface area (Å²) in [4.78, 5) is 28.6. The number of hydrogen-bond donors (Lipinski definition) is 1. The number of para-hydroxylation sites is 2. The third-order valence-corrected chi connectivity index (χ3v) is 3.62. The molecule has 2 N–H and O–H groups in total. The average molecular weight is 303 g/mol. The summed E-state index contributed by atoms with van der Waals surface area (Å²) in [6.07, 6.45) is 0. The number of carbonyl (C=O) groups is 2. The first kappa shape index (κ1) is 16.5. The van der Waals surface area contributed by atoms with Gasteiger partial charge in [0, 0.05) is 13.1 Å². The van der Waals surface area contributed by atoms with Gasteiger partial charge in [0.15, 0.2) is 6.04 Å². The highest BCUT2D eigenvalue weighted by atomic mass is 16.2. The van der Waals surface area contributed by atoms with E-state index in [1.165, 1.54) is 0 Å². The van der Waals surface area contributed by atoms with E-state index < -0.39 is 6.04 Å². The normalized spacial score (nSPS) is 16.5. The molecule has 0 unspecified atom stereocenters. The summed E-state index contributed by atoms with van der Waals surface area (Å²) in [6.45, 7) is 9.26. The molecule has 0 radical (unpaired) electrons. The van der Waals surface area contributed by atoms with E-state index in [1.54, 1.807) is 9.80 Å². The highest BCUT2D eigenvalue weighted by Gasteiger charge is 2.38. The Hall–Kier alpha value is -1.88. The molecule has 1 heterocycles. The molecule has 22 heavy (non-hydrogen) atoms. The van der Waals surface area contributed by atoms with Crippen LogP contribution in [0.15, 0.2) is 24.3 Å². The van der Waals surface area contributed by atoms with E-state index in [1.807, 2.05) is 52.0 Å². The van der Waals surface area contributed by atoms with Crippen LogP contribution in [-0.2, 0) is 9.59 Å². The molecule has 5 heteroatoms. The van der Waals surface area contributed by atoms with Gasteiger partial charge in [-0.3, -0.25) is 9.59 Å². The van der Waals surface area contributed by atoms with Crippen molar-refractivity contribution in [3.05, 3.63) is 24.3 Å². The quantitative estimate of drug-likeness (QED) is 0.865. The second-order valence-electron chi connectivity index (χ2n) is 6.65. The predicted molar refractivity (Wildman–Crippen MR) is 88.8 cm³/mol. The van der Waals surface area contributed by atoms with Crippen LogP contribution in [0.5, 0.6) is 0 Å². The first-order chi connectivity index (χ1) is 10.3. The standard InChI is InChI=1S/C17H25N3O2/c1-11(2)9-19-13-7-5-6-8-14(13)20(10-12(3)4)17(22)15(18)16(19)21/h5-8,11-12,15H,9-10,18H2,1-4H3. The SMILES string of the molecule is CC(C)CN1C(=O)C(N)C(=O)N(CC(C)C)c2ccccc21. The molecule has 2 rings (SSSR count). The molecule has 0 saturated heterocycles. The van der Waals surface area contributed by atoms with Gasteiger partial charge >= 0.3 is 0 Å². The fourth-order valence-electron chi connectivity index (χ4n) is 2.71. The van der Waals surface area contributed by atoms with Gasteiger partial charge in [-0.2, -0.15) is 0 Å². The molecular formula is C17H25N3O2. The zero-order valence-corrected chi connectivity index (χ0v) is 13.7. The molecule has 5 nitrogen and oxygen atoms in total. The fourth-order valence-corrected chi connectivity index (χ4v) is 2.71. The summed E-state index contributed by atoms with van der Waals surface area (Å²) in [5.41, 5.74) is 7.48. The van der Waals surface area contributed by atoms with Gasteiger partial charge in [0.1, 0.15) is 0 Å². The molecule has 0 spiro atoms. The number of benzene rings is 1. The highest BCUT2D eigenvalue weighted by Crippen LogP contribution is 2.33. The molecule has 1 aromatic rings. The monoisotopic (exact) mass is 303 g/mol. The van der Waals surface area contributed by atoms with Crippen LogP contribution in [0.3, 0.4) is 0 Å². The summed E-state index contributed by atoms with van der Waals surface area (Å²) in [7, 11) is 0. The molecule has 120 valence electrons. The summed E-state index contributed by atoms with van der Waals surface area (Å²) in [5, 5.41) is 0. The zero-order valence-electron chi connectivity index (χ0n) is 13.7. The second kappa shape index (κ2) is 6.48. The average Bonchev–Trinajstić information content (AvgIpc) is 2.53. The van der Waals surface area contributed by atoms with Crippen molar-refractivity contribution < 1.29 is 9.59 Å². The Bertz CT molecular complexity index is 520. The van der Waals surface area contributed by atoms with Gasteiger partial charge in [0.05, 0.1) is 11.4 Å². The lowest BCUT2D eigenvalue weighted by atomic mass is 10.1. The van der Waals surface area contributed by atoms with Crippen molar-refractivity contribution in [3.8, 4) is 0 Å². The van der Waals surface area contributed by atoms with E-state index in [0.717, 1.165) is 11.4 Å². The second-order valence-corrected chi connectivity index (χ2v) is 6.65. The number of hydrogen-bond acceptors (Lipinski definition) is 3. The summed E-state index contributed by atoms with van der Waals surface area (Å²) < 4.78 is 0. The molecule has 0 aliphatic carbocycles. The van der Waals surface area contributed by atoms with Crippen LogP contribution in [0.4, 0.5) is 11.4 Å². The van der Waals surface area contributed by atoms with Crippen LogP contribution >= 0.6 is 0 Å². The third kappa shape index (κ3) is 3.14. The van der Waals surface area contributed by atoms with Crippen molar-refractivity contribution in [2.24, 2.45) is 17.6 Å². The van der Waals surface area contributed by atoms with Crippen LogP contribution in [0.1, 0.15) is 27.7 Å². The maximum Gasteiger partial charge on any atom is 0.253 e. The molecule has 0 aromatic heterocycles. The van der Waals surface area contributed by atoms with E-state index in [2.05, 4.69) is 0 Å². The first-order valence-electron chi connectivity index (χ1n) is 7.80. The number of rotatable bonds is 4. The van der Waals surface area contributed by atoms with Gasteiger partial charge in [-0.25, -0.2) is 0 Å². The smallest absolute Gasteiger partial charge is 0.253 e. The zero-order chi connectivity index (χ0) is 16.4. The maximum atomic E-state index is 12.6. The van der Waals surface area contributed by atoms with Gasteiger partial charge < -0.3 is 15.5 Å². The van der Waals surface area contributed by atoms with Crippen molar-refractivity contribution >= 4 is 23.2 Å². The minimum absolute atomic E-state index is 0.288. The number of carbonyl (C=O) groups excluding carboxylic acids is 2. The van der Waals surface area contributed by atoms with Crippen LogP contribution in [-0.4, -0.2) is 30.9 Å². The third-order valence-electron chi connectivity index (χ3n) is 3.62. The van der Waals surface area contributed by atoms with Crippen LogP contribution < -0.4 is 15.5 Å². The van der Waals surface area contributed by atoms with Gasteiger partial charge in [0.2, 0.25) is 0 Å². The van der Waals surface area contributed by atoms with Gasteiger partial charge in [-0.15, -0.1) is 0 Å². The highest BCUT2D eigenvalue weighted by molar-refractivity contribution is 6.20. The molecular weight excluding hydrogens is 278 g/mol. The number of nitrogens with zero attached hydrogens (tertiary/aromatic N) is 2. The Kier molecular flexibility index (Phi) is 4.86. The molecule has 2 amide bonds. The lowest BCUT2D eigenvalue weighted by molar-refractivity contribution is -0.128. The lowest BCUT2D eigenvalue weighted by Crippen LogP contribution is -2.52. The Balaban J connectivity index is 2.55.